The molecule has 0 bridgehead atoms. The summed E-state index contributed by atoms with van der Waals surface area (Å²) in [5, 5.41) is 4.61. The molecule has 0 fully saturated rings. The van der Waals surface area contributed by atoms with Gasteiger partial charge in [0.2, 0.25) is 0 Å². The van der Waals surface area contributed by atoms with Crippen molar-refractivity contribution < 1.29 is 0 Å². The van der Waals surface area contributed by atoms with Crippen molar-refractivity contribution in [3.63, 3.8) is 0 Å². The van der Waals surface area contributed by atoms with E-state index < -0.39 is 0 Å². The van der Waals surface area contributed by atoms with Gasteiger partial charge >= 0.3 is 0 Å². The molecule has 17 heavy (non-hydrogen) atoms. The minimum Gasteiger partial charge on any atom is -0.378 e. The van der Waals surface area contributed by atoms with E-state index in [9.17, 15) is 0 Å². The Balaban J connectivity index is 2.14. The van der Waals surface area contributed by atoms with E-state index in [1.165, 1.54) is 0 Å². The zero-order valence-corrected chi connectivity index (χ0v) is 11.3. The highest BCUT2D eigenvalue weighted by Crippen LogP contribution is 2.32. The molecule has 1 heterocycles. The van der Waals surface area contributed by atoms with Gasteiger partial charge in [-0.05, 0) is 19.1 Å². The van der Waals surface area contributed by atoms with Gasteiger partial charge in [0, 0.05) is 5.69 Å². The Morgan fingerprint density at radius 2 is 1.88 bits per heavy atom. The molecule has 0 aliphatic heterocycles. The maximum atomic E-state index is 6.05. The number of aryl methyl sites for hydroxylation is 1. The molecule has 0 saturated carbocycles. The summed E-state index contributed by atoms with van der Waals surface area (Å²) in [6, 6.07) is 3.32. The van der Waals surface area contributed by atoms with E-state index in [1.807, 2.05) is 6.92 Å². The molecule has 0 unspecified atom stereocenters. The number of hydrogen-bond acceptors (Lipinski definition) is 2. The number of aromatic amines is 1. The smallest absolute Gasteiger partial charge is 0.0925 e. The predicted molar refractivity (Wildman–Crippen MR) is 72.1 cm³/mol. The molecule has 0 radical (unpaired) electrons. The zero-order valence-electron chi connectivity index (χ0n) is 9.02. The number of aromatic nitrogens is 2. The van der Waals surface area contributed by atoms with Crippen molar-refractivity contribution >= 4 is 40.5 Å². The summed E-state index contributed by atoms with van der Waals surface area (Å²) in [5.41, 5.74) is 2.70. The maximum Gasteiger partial charge on any atom is 0.0925 e. The fourth-order valence-corrected chi connectivity index (χ4v) is 2.02. The highest BCUT2D eigenvalue weighted by atomic mass is 35.5. The molecule has 0 aliphatic rings. The van der Waals surface area contributed by atoms with Crippen LogP contribution in [0.1, 0.15) is 11.4 Å². The van der Waals surface area contributed by atoms with Gasteiger partial charge < -0.3 is 10.3 Å². The first-order valence-corrected chi connectivity index (χ1v) is 6.08. The van der Waals surface area contributed by atoms with E-state index in [2.05, 4.69) is 15.3 Å². The van der Waals surface area contributed by atoms with E-state index in [0.29, 0.717) is 21.6 Å². The molecule has 0 atom stereocenters. The Kier molecular flexibility index (Phi) is 3.82. The lowest BCUT2D eigenvalue weighted by Gasteiger charge is -2.09. The lowest BCUT2D eigenvalue weighted by atomic mass is 10.3. The van der Waals surface area contributed by atoms with Crippen LogP contribution in [0.15, 0.2) is 18.5 Å². The van der Waals surface area contributed by atoms with Gasteiger partial charge in [-0.15, -0.1) is 0 Å². The van der Waals surface area contributed by atoms with Crippen LogP contribution in [0.2, 0.25) is 15.1 Å². The van der Waals surface area contributed by atoms with Gasteiger partial charge in [-0.2, -0.15) is 0 Å². The lowest BCUT2D eigenvalue weighted by molar-refractivity contribution is 1.05. The van der Waals surface area contributed by atoms with Crippen LogP contribution in [-0.4, -0.2) is 9.97 Å². The Labute approximate surface area is 114 Å². The molecule has 1 aromatic heterocycles. The van der Waals surface area contributed by atoms with Gasteiger partial charge in [0.25, 0.3) is 0 Å². The van der Waals surface area contributed by atoms with Crippen molar-refractivity contribution in [1.29, 1.82) is 0 Å². The molecule has 2 aromatic rings. The Morgan fingerprint density at radius 1 is 1.18 bits per heavy atom. The van der Waals surface area contributed by atoms with Crippen molar-refractivity contribution in [2.45, 2.75) is 13.5 Å². The molecule has 2 N–H and O–H groups in total. The summed E-state index contributed by atoms with van der Waals surface area (Å²) in [5.74, 6) is 0. The molecule has 0 saturated heterocycles. The van der Waals surface area contributed by atoms with Crippen LogP contribution < -0.4 is 5.32 Å². The Hall–Kier alpha value is -0.900. The minimum atomic E-state index is 0.443. The van der Waals surface area contributed by atoms with Crippen molar-refractivity contribution in [3.8, 4) is 0 Å². The van der Waals surface area contributed by atoms with Crippen LogP contribution in [0.4, 0.5) is 5.69 Å². The molecule has 1 aromatic carbocycles. The Morgan fingerprint density at radius 3 is 2.53 bits per heavy atom. The number of hydrogen-bond donors (Lipinski definition) is 2. The van der Waals surface area contributed by atoms with Crippen molar-refractivity contribution in [3.05, 3.63) is 44.9 Å². The quantitative estimate of drug-likeness (QED) is 0.828. The van der Waals surface area contributed by atoms with Crippen LogP contribution in [0.25, 0.3) is 0 Å². The van der Waals surface area contributed by atoms with Crippen molar-refractivity contribution in [2.75, 3.05) is 5.32 Å². The van der Waals surface area contributed by atoms with E-state index in [4.69, 9.17) is 34.8 Å². The molecule has 0 aliphatic carbocycles. The summed E-state index contributed by atoms with van der Waals surface area (Å²) in [4.78, 5) is 7.19. The fraction of sp³-hybridized carbons (Fsp3) is 0.182. The topological polar surface area (TPSA) is 40.7 Å². The molecule has 0 spiro atoms. The monoisotopic (exact) mass is 289 g/mol. The van der Waals surface area contributed by atoms with Gasteiger partial charge in [0.1, 0.15) is 0 Å². The first-order chi connectivity index (χ1) is 8.08. The zero-order chi connectivity index (χ0) is 12.4. The number of nitrogens with one attached hydrogen (secondary N) is 2. The predicted octanol–water partition coefficient (Wildman–Crippen LogP) is 4.29. The van der Waals surface area contributed by atoms with E-state index in [1.54, 1.807) is 18.5 Å². The second kappa shape index (κ2) is 5.17. The van der Waals surface area contributed by atoms with Crippen molar-refractivity contribution in [1.82, 2.24) is 9.97 Å². The fourth-order valence-electron chi connectivity index (χ4n) is 1.40. The summed E-state index contributed by atoms with van der Waals surface area (Å²) in [7, 11) is 0. The highest BCUT2D eigenvalue weighted by molar-refractivity contribution is 6.44. The van der Waals surface area contributed by atoms with Crippen LogP contribution in [-0.2, 0) is 6.54 Å². The third kappa shape index (κ3) is 2.86. The molecule has 2 rings (SSSR count). The van der Waals surface area contributed by atoms with Crippen LogP contribution >= 0.6 is 34.8 Å². The van der Waals surface area contributed by atoms with Gasteiger partial charge in [-0.3, -0.25) is 0 Å². The molecule has 3 nitrogen and oxygen atoms in total. The van der Waals surface area contributed by atoms with Crippen LogP contribution in [0.3, 0.4) is 0 Å². The average Bonchev–Trinajstić information content (AvgIpc) is 2.68. The third-order valence-corrected chi connectivity index (χ3v) is 3.43. The van der Waals surface area contributed by atoms with Gasteiger partial charge in [0.05, 0.1) is 39.3 Å². The van der Waals surface area contributed by atoms with Gasteiger partial charge in [-0.25, -0.2) is 4.98 Å². The van der Waals surface area contributed by atoms with Gasteiger partial charge in [0.15, 0.2) is 0 Å². The molecular weight excluding hydrogens is 281 g/mol. The number of anilines is 1. The number of H-pyrrole nitrogens is 1. The van der Waals surface area contributed by atoms with Gasteiger partial charge in [-0.1, -0.05) is 34.8 Å². The van der Waals surface area contributed by atoms with Crippen LogP contribution in [0, 0.1) is 6.92 Å². The first-order valence-electron chi connectivity index (χ1n) is 4.95. The Bertz CT molecular complexity index is 537. The number of rotatable bonds is 3. The number of benzene rings is 1. The first kappa shape index (κ1) is 12.6. The molecular formula is C11H10Cl3N3. The van der Waals surface area contributed by atoms with E-state index in [-0.39, 0.29) is 0 Å². The largest absolute Gasteiger partial charge is 0.378 e. The van der Waals surface area contributed by atoms with Crippen LogP contribution in [0.5, 0.6) is 0 Å². The third-order valence-electron chi connectivity index (χ3n) is 2.39. The van der Waals surface area contributed by atoms with Crippen molar-refractivity contribution in [2.24, 2.45) is 0 Å². The summed E-state index contributed by atoms with van der Waals surface area (Å²) in [6.45, 7) is 2.54. The lowest BCUT2D eigenvalue weighted by Crippen LogP contribution is -2.01. The number of halogens is 3. The molecule has 6 heteroatoms. The normalized spacial score (nSPS) is 10.6. The summed E-state index contributed by atoms with van der Waals surface area (Å²) < 4.78 is 0. The summed E-state index contributed by atoms with van der Waals surface area (Å²) in [6.07, 6.45) is 1.66. The average molecular weight is 291 g/mol. The standard InChI is InChI=1S/C11H10Cl3N3/c1-6-11(17-5-16-6)4-15-10-3-8(13)7(12)2-9(10)14/h2-3,5,15H,4H2,1H3,(H,16,17). The second-order valence-corrected chi connectivity index (χ2v) is 4.80. The summed E-state index contributed by atoms with van der Waals surface area (Å²) >= 11 is 17.8. The maximum absolute atomic E-state index is 6.05. The number of imidazole rings is 1. The number of nitrogens with zero attached hydrogens (tertiary/aromatic N) is 1. The SMILES string of the molecule is Cc1[nH]cnc1CNc1cc(Cl)c(Cl)cc1Cl. The molecule has 90 valence electrons. The highest BCUT2D eigenvalue weighted by Gasteiger charge is 2.07. The second-order valence-electron chi connectivity index (χ2n) is 3.57. The minimum absolute atomic E-state index is 0.443. The van der Waals surface area contributed by atoms with E-state index >= 15 is 0 Å². The molecule has 0 amide bonds. The van der Waals surface area contributed by atoms with E-state index in [0.717, 1.165) is 17.1 Å².